The highest BCUT2D eigenvalue weighted by molar-refractivity contribution is 5.96. The second-order valence-corrected chi connectivity index (χ2v) is 4.06. The summed E-state index contributed by atoms with van der Waals surface area (Å²) in [5.74, 6) is -0.130. The zero-order valence-electron chi connectivity index (χ0n) is 9.09. The monoisotopic (exact) mass is 218 g/mol. The van der Waals surface area contributed by atoms with Crippen LogP contribution in [0, 0.1) is 0 Å². The van der Waals surface area contributed by atoms with Crippen LogP contribution in [0.15, 0.2) is 30.3 Å². The van der Waals surface area contributed by atoms with Gasteiger partial charge in [0.15, 0.2) is 0 Å². The molecule has 1 aromatic rings. The van der Waals surface area contributed by atoms with Crippen molar-refractivity contribution in [1.82, 2.24) is 4.90 Å². The molecular formula is C12H14N2O2. The number of benzene rings is 1. The molecule has 0 bridgehead atoms. The Morgan fingerprint density at radius 2 is 2.00 bits per heavy atom. The Hall–Kier alpha value is -1.84. The van der Waals surface area contributed by atoms with Crippen molar-refractivity contribution in [1.29, 1.82) is 0 Å². The Bertz CT molecular complexity index is 416. The lowest BCUT2D eigenvalue weighted by atomic mass is 9.93. The third-order valence-corrected chi connectivity index (χ3v) is 3.12. The number of carbonyl (C=O) groups excluding carboxylic acids is 2. The van der Waals surface area contributed by atoms with Gasteiger partial charge in [-0.05, 0) is 12.5 Å². The zero-order chi connectivity index (χ0) is 11.7. The molecule has 1 fully saturated rings. The van der Waals surface area contributed by atoms with Crippen LogP contribution in [0.2, 0.25) is 0 Å². The maximum Gasteiger partial charge on any atom is 0.321 e. The number of amides is 3. The minimum absolute atomic E-state index is 0.0567. The van der Waals surface area contributed by atoms with Crippen molar-refractivity contribution >= 4 is 11.9 Å². The number of nitrogens with zero attached hydrogens (tertiary/aromatic N) is 1. The molecule has 2 rings (SSSR count). The Balaban J connectivity index is 2.27. The summed E-state index contributed by atoms with van der Waals surface area (Å²) in [4.78, 5) is 23.9. The van der Waals surface area contributed by atoms with Crippen LogP contribution < -0.4 is 5.73 Å². The minimum atomic E-state index is -0.657. The van der Waals surface area contributed by atoms with Gasteiger partial charge in [0, 0.05) is 18.4 Å². The first-order chi connectivity index (χ1) is 7.61. The van der Waals surface area contributed by atoms with Crippen molar-refractivity contribution in [2.75, 3.05) is 0 Å². The highest BCUT2D eigenvalue weighted by atomic mass is 16.2. The largest absolute Gasteiger partial charge is 0.351 e. The van der Waals surface area contributed by atoms with Crippen LogP contribution in [0.1, 0.15) is 24.8 Å². The van der Waals surface area contributed by atoms with Crippen LogP contribution in [0.4, 0.5) is 4.79 Å². The van der Waals surface area contributed by atoms with Gasteiger partial charge in [-0.3, -0.25) is 9.69 Å². The van der Waals surface area contributed by atoms with Crippen molar-refractivity contribution in [3.63, 3.8) is 0 Å². The molecule has 1 aliphatic heterocycles. The molecule has 4 heteroatoms. The molecule has 0 aliphatic carbocycles. The Labute approximate surface area is 94.0 Å². The van der Waals surface area contributed by atoms with E-state index in [0.29, 0.717) is 6.42 Å². The lowest BCUT2D eigenvalue weighted by molar-refractivity contribution is -0.125. The summed E-state index contributed by atoms with van der Waals surface area (Å²) in [6, 6.07) is 8.91. The molecule has 0 radical (unpaired) electrons. The van der Waals surface area contributed by atoms with Gasteiger partial charge in [-0.15, -0.1) is 0 Å². The van der Waals surface area contributed by atoms with Crippen LogP contribution in [-0.4, -0.2) is 22.9 Å². The molecule has 84 valence electrons. The summed E-state index contributed by atoms with van der Waals surface area (Å²) in [5, 5.41) is 0. The molecule has 1 aromatic carbocycles. The molecule has 16 heavy (non-hydrogen) atoms. The van der Waals surface area contributed by atoms with Gasteiger partial charge in [0.2, 0.25) is 5.91 Å². The van der Waals surface area contributed by atoms with E-state index < -0.39 is 6.03 Å². The van der Waals surface area contributed by atoms with Crippen LogP contribution in [0.25, 0.3) is 0 Å². The summed E-state index contributed by atoms with van der Waals surface area (Å²) in [6.07, 6.45) is 0.355. The number of rotatable bonds is 1. The number of hydrogen-bond acceptors (Lipinski definition) is 2. The lowest BCUT2D eigenvalue weighted by Crippen LogP contribution is -2.41. The van der Waals surface area contributed by atoms with Gasteiger partial charge >= 0.3 is 6.03 Å². The predicted octanol–water partition coefficient (Wildman–Crippen LogP) is 1.47. The van der Waals surface area contributed by atoms with E-state index in [0.717, 1.165) is 10.5 Å². The number of imide groups is 1. The third kappa shape index (κ3) is 1.66. The number of hydrogen-bond donors (Lipinski definition) is 1. The fourth-order valence-corrected chi connectivity index (χ4v) is 2.28. The molecule has 4 nitrogen and oxygen atoms in total. The van der Waals surface area contributed by atoms with Crippen molar-refractivity contribution in [2.45, 2.75) is 25.3 Å². The topological polar surface area (TPSA) is 63.4 Å². The quantitative estimate of drug-likeness (QED) is 0.775. The summed E-state index contributed by atoms with van der Waals surface area (Å²) in [5.41, 5.74) is 6.26. The van der Waals surface area contributed by atoms with E-state index in [9.17, 15) is 9.59 Å². The van der Waals surface area contributed by atoms with Gasteiger partial charge < -0.3 is 5.73 Å². The molecule has 1 saturated heterocycles. The van der Waals surface area contributed by atoms with Crippen molar-refractivity contribution < 1.29 is 9.59 Å². The number of urea groups is 1. The maximum atomic E-state index is 11.6. The van der Waals surface area contributed by atoms with Crippen LogP contribution in [0.3, 0.4) is 0 Å². The van der Waals surface area contributed by atoms with Crippen LogP contribution in [-0.2, 0) is 4.79 Å². The van der Waals surface area contributed by atoms with Crippen molar-refractivity contribution in [3.05, 3.63) is 35.9 Å². The third-order valence-electron chi connectivity index (χ3n) is 3.12. The summed E-state index contributed by atoms with van der Waals surface area (Å²) in [6.45, 7) is 1.85. The van der Waals surface area contributed by atoms with E-state index in [1.807, 2.05) is 37.3 Å². The van der Waals surface area contributed by atoms with Crippen molar-refractivity contribution in [3.8, 4) is 0 Å². The van der Waals surface area contributed by atoms with Crippen molar-refractivity contribution in [2.24, 2.45) is 5.73 Å². The molecule has 0 spiro atoms. The Morgan fingerprint density at radius 1 is 1.38 bits per heavy atom. The summed E-state index contributed by atoms with van der Waals surface area (Å²) in [7, 11) is 0. The van der Waals surface area contributed by atoms with Gasteiger partial charge in [-0.1, -0.05) is 30.3 Å². The average molecular weight is 218 g/mol. The molecule has 1 aliphatic rings. The van der Waals surface area contributed by atoms with E-state index in [-0.39, 0.29) is 17.9 Å². The first kappa shape index (κ1) is 10.7. The number of likely N-dealkylation sites (tertiary alicyclic amines) is 1. The molecule has 1 heterocycles. The molecule has 0 unspecified atom stereocenters. The zero-order valence-corrected chi connectivity index (χ0v) is 9.09. The fourth-order valence-electron chi connectivity index (χ4n) is 2.28. The number of carbonyl (C=O) groups is 2. The van der Waals surface area contributed by atoms with E-state index in [1.54, 1.807) is 0 Å². The SMILES string of the molecule is C[C@H]1[C@@H](c2ccccc2)CC(=O)N1C(N)=O. The Kier molecular flexibility index (Phi) is 2.64. The van der Waals surface area contributed by atoms with E-state index in [4.69, 9.17) is 5.73 Å². The average Bonchev–Trinajstić information content (AvgIpc) is 2.55. The van der Waals surface area contributed by atoms with Crippen LogP contribution in [0.5, 0.6) is 0 Å². The van der Waals surface area contributed by atoms with E-state index in [2.05, 4.69) is 0 Å². The molecule has 0 aromatic heterocycles. The lowest BCUT2D eigenvalue weighted by Gasteiger charge is -2.21. The Morgan fingerprint density at radius 3 is 2.50 bits per heavy atom. The van der Waals surface area contributed by atoms with E-state index in [1.165, 1.54) is 0 Å². The van der Waals surface area contributed by atoms with Gasteiger partial charge in [0.05, 0.1) is 0 Å². The predicted molar refractivity (Wildman–Crippen MR) is 59.7 cm³/mol. The van der Waals surface area contributed by atoms with Gasteiger partial charge in [-0.25, -0.2) is 4.79 Å². The fraction of sp³-hybridized carbons (Fsp3) is 0.333. The van der Waals surface area contributed by atoms with Gasteiger partial charge in [0.25, 0.3) is 0 Å². The first-order valence-electron chi connectivity index (χ1n) is 5.27. The highest BCUT2D eigenvalue weighted by Gasteiger charge is 2.40. The maximum absolute atomic E-state index is 11.6. The van der Waals surface area contributed by atoms with Gasteiger partial charge in [-0.2, -0.15) is 0 Å². The number of primary amides is 1. The standard InChI is InChI=1S/C12H14N2O2/c1-8-10(9-5-3-2-4-6-9)7-11(15)14(8)12(13)16/h2-6,8,10H,7H2,1H3,(H2,13,16)/t8-,10-/m0/s1. The summed E-state index contributed by atoms with van der Waals surface area (Å²) < 4.78 is 0. The molecule has 2 atom stereocenters. The molecule has 3 amide bonds. The number of nitrogens with two attached hydrogens (primary N) is 1. The highest BCUT2D eigenvalue weighted by Crippen LogP contribution is 2.33. The second kappa shape index (κ2) is 3.96. The molecule has 2 N–H and O–H groups in total. The van der Waals surface area contributed by atoms with Crippen LogP contribution >= 0.6 is 0 Å². The summed E-state index contributed by atoms with van der Waals surface area (Å²) >= 11 is 0. The first-order valence-corrected chi connectivity index (χ1v) is 5.27. The minimum Gasteiger partial charge on any atom is -0.351 e. The van der Waals surface area contributed by atoms with E-state index >= 15 is 0 Å². The normalized spacial score (nSPS) is 24.8. The second-order valence-electron chi connectivity index (χ2n) is 4.06. The molecule has 0 saturated carbocycles. The van der Waals surface area contributed by atoms with Gasteiger partial charge in [0.1, 0.15) is 0 Å². The smallest absolute Gasteiger partial charge is 0.321 e. The molecular weight excluding hydrogens is 204 g/mol.